The highest BCUT2D eigenvalue weighted by atomic mass is 16.5. The van der Waals surface area contributed by atoms with Crippen LogP contribution in [-0.4, -0.2) is 99.1 Å². The molecule has 3 aromatic rings. The van der Waals surface area contributed by atoms with Gasteiger partial charge in [0.2, 0.25) is 0 Å². The van der Waals surface area contributed by atoms with Crippen LogP contribution >= 0.6 is 0 Å². The quantitative estimate of drug-likeness (QED) is 0.554. The number of ether oxygens (including phenoxy) is 1. The summed E-state index contributed by atoms with van der Waals surface area (Å²) in [5, 5.41) is 14.0. The first-order valence-electron chi connectivity index (χ1n) is 13.8. The van der Waals surface area contributed by atoms with Crippen molar-refractivity contribution in [2.24, 2.45) is 0 Å². The smallest absolute Gasteiger partial charge is 0.130 e. The Kier molecular flexibility index (Phi) is 7.27. The van der Waals surface area contributed by atoms with E-state index in [2.05, 4.69) is 67.2 Å². The molecule has 3 fully saturated rings. The molecule has 198 valence electrons. The molecule has 1 aromatic carbocycles. The molecule has 3 saturated heterocycles. The summed E-state index contributed by atoms with van der Waals surface area (Å²) in [5.41, 5.74) is 3.80. The van der Waals surface area contributed by atoms with Gasteiger partial charge in [0.1, 0.15) is 11.9 Å². The number of pyridine rings is 2. The van der Waals surface area contributed by atoms with Gasteiger partial charge in [-0.1, -0.05) is 0 Å². The number of rotatable bonds is 5. The van der Waals surface area contributed by atoms with Gasteiger partial charge in [0.15, 0.2) is 0 Å². The lowest BCUT2D eigenvalue weighted by molar-refractivity contribution is -0.0327. The first-order valence-corrected chi connectivity index (χ1v) is 13.8. The summed E-state index contributed by atoms with van der Waals surface area (Å²) < 4.78 is 6.40. The second kappa shape index (κ2) is 11.1. The van der Waals surface area contributed by atoms with E-state index in [4.69, 9.17) is 9.72 Å². The highest BCUT2D eigenvalue weighted by Crippen LogP contribution is 2.30. The van der Waals surface area contributed by atoms with Crippen LogP contribution < -0.4 is 20.0 Å². The third kappa shape index (κ3) is 5.25. The number of nitriles is 1. The van der Waals surface area contributed by atoms with Crippen LogP contribution in [-0.2, 0) is 4.74 Å². The summed E-state index contributed by atoms with van der Waals surface area (Å²) in [6, 6.07) is 14.6. The minimum Gasteiger partial charge on any atom is -0.370 e. The van der Waals surface area contributed by atoms with Crippen LogP contribution in [0.15, 0.2) is 48.8 Å². The fourth-order valence-electron chi connectivity index (χ4n) is 6.01. The zero-order valence-corrected chi connectivity index (χ0v) is 22.1. The number of hydrogen-bond donors (Lipinski definition) is 1. The molecule has 0 amide bonds. The average molecular weight is 513 g/mol. The van der Waals surface area contributed by atoms with Crippen molar-refractivity contribution < 1.29 is 4.74 Å². The van der Waals surface area contributed by atoms with E-state index >= 15 is 0 Å². The van der Waals surface area contributed by atoms with Gasteiger partial charge in [0, 0.05) is 107 Å². The number of morpholine rings is 1. The van der Waals surface area contributed by atoms with E-state index in [1.165, 1.54) is 5.69 Å². The standard InChI is InChI=1S/C29H36N8O/c1-22-19-37(27-5-4-23(18-30)29-26(27)3-2-7-33-29)21-25(38-22)20-34-13-15-36(16-14-34)28-17-24(6-8-32-28)35-11-9-31-10-12-35/h2-8,17,22,25,31H,9-16,19-21H2,1H3/t22-,25+/m1/s1. The van der Waals surface area contributed by atoms with Crippen LogP contribution in [0.3, 0.4) is 0 Å². The zero-order valence-electron chi connectivity index (χ0n) is 22.1. The molecule has 2 atom stereocenters. The molecule has 0 saturated carbocycles. The van der Waals surface area contributed by atoms with Crippen molar-refractivity contribution in [3.63, 3.8) is 0 Å². The van der Waals surface area contributed by atoms with Crippen molar-refractivity contribution in [1.29, 1.82) is 5.26 Å². The van der Waals surface area contributed by atoms with Crippen molar-refractivity contribution in [2.45, 2.75) is 19.1 Å². The van der Waals surface area contributed by atoms with Gasteiger partial charge in [-0.3, -0.25) is 9.88 Å². The fourth-order valence-corrected chi connectivity index (χ4v) is 6.01. The third-order valence-electron chi connectivity index (χ3n) is 7.90. The summed E-state index contributed by atoms with van der Waals surface area (Å²) in [6.45, 7) is 12.8. The first-order chi connectivity index (χ1) is 18.7. The molecule has 0 unspecified atom stereocenters. The minimum absolute atomic E-state index is 0.127. The van der Waals surface area contributed by atoms with Crippen molar-refractivity contribution in [3.05, 3.63) is 54.4 Å². The molecule has 2 aromatic heterocycles. The number of nitrogens with one attached hydrogen (secondary N) is 1. The molecular weight excluding hydrogens is 476 g/mol. The molecule has 0 radical (unpaired) electrons. The summed E-state index contributed by atoms with van der Waals surface area (Å²) in [6.07, 6.45) is 3.97. The van der Waals surface area contributed by atoms with Crippen LogP contribution in [0, 0.1) is 11.3 Å². The SMILES string of the molecule is C[C@@H]1CN(c2ccc(C#N)c3ncccc23)C[C@H](CN2CCN(c3cc(N4CCNCC4)ccn3)CC2)O1. The fraction of sp³-hybridized carbons (Fsp3) is 0.483. The van der Waals surface area contributed by atoms with E-state index in [9.17, 15) is 5.26 Å². The maximum absolute atomic E-state index is 9.53. The Morgan fingerprint density at radius 2 is 1.79 bits per heavy atom. The highest BCUT2D eigenvalue weighted by Gasteiger charge is 2.29. The Balaban J connectivity index is 1.09. The highest BCUT2D eigenvalue weighted by molar-refractivity contribution is 5.95. The molecule has 0 aliphatic carbocycles. The Bertz CT molecular complexity index is 1300. The van der Waals surface area contributed by atoms with Gasteiger partial charge in [-0.15, -0.1) is 0 Å². The predicted octanol–water partition coefficient (Wildman–Crippen LogP) is 2.33. The number of piperazine rings is 2. The number of aromatic nitrogens is 2. The van der Waals surface area contributed by atoms with Crippen molar-refractivity contribution in [3.8, 4) is 6.07 Å². The Morgan fingerprint density at radius 1 is 0.947 bits per heavy atom. The Hall–Kier alpha value is -3.45. The van der Waals surface area contributed by atoms with Crippen molar-refractivity contribution in [2.75, 3.05) is 86.7 Å². The van der Waals surface area contributed by atoms with Gasteiger partial charge < -0.3 is 24.8 Å². The molecule has 0 spiro atoms. The maximum atomic E-state index is 9.53. The van der Waals surface area contributed by atoms with Gasteiger partial charge >= 0.3 is 0 Å². The van der Waals surface area contributed by atoms with Crippen molar-refractivity contribution >= 4 is 28.1 Å². The molecule has 9 heteroatoms. The van der Waals surface area contributed by atoms with E-state index in [-0.39, 0.29) is 12.2 Å². The normalized spacial score (nSPS) is 23.0. The van der Waals surface area contributed by atoms with Gasteiger partial charge in [-0.2, -0.15) is 5.26 Å². The molecule has 6 rings (SSSR count). The molecule has 3 aliphatic rings. The molecule has 1 N–H and O–H groups in total. The summed E-state index contributed by atoms with van der Waals surface area (Å²) in [7, 11) is 0. The predicted molar refractivity (Wildman–Crippen MR) is 151 cm³/mol. The van der Waals surface area contributed by atoms with Gasteiger partial charge in [0.05, 0.1) is 23.3 Å². The van der Waals surface area contributed by atoms with E-state index < -0.39 is 0 Å². The topological polar surface area (TPSA) is 83.8 Å². The van der Waals surface area contributed by atoms with Crippen LogP contribution in [0.2, 0.25) is 0 Å². The molecular formula is C29H36N8O. The van der Waals surface area contributed by atoms with Crippen LogP contribution in [0.4, 0.5) is 17.2 Å². The number of fused-ring (bicyclic) bond motifs is 1. The minimum atomic E-state index is 0.127. The molecule has 38 heavy (non-hydrogen) atoms. The monoisotopic (exact) mass is 512 g/mol. The largest absolute Gasteiger partial charge is 0.370 e. The molecule has 0 bridgehead atoms. The van der Waals surface area contributed by atoms with Gasteiger partial charge in [-0.05, 0) is 37.3 Å². The third-order valence-corrected chi connectivity index (χ3v) is 7.90. The van der Waals surface area contributed by atoms with Crippen LogP contribution in [0.1, 0.15) is 12.5 Å². The number of benzene rings is 1. The lowest BCUT2D eigenvalue weighted by atomic mass is 10.1. The van der Waals surface area contributed by atoms with Crippen LogP contribution in [0.5, 0.6) is 0 Å². The maximum Gasteiger partial charge on any atom is 0.130 e. The van der Waals surface area contributed by atoms with Gasteiger partial charge in [0.25, 0.3) is 0 Å². The Morgan fingerprint density at radius 3 is 2.61 bits per heavy atom. The Labute approximate surface area is 224 Å². The number of hydrogen-bond acceptors (Lipinski definition) is 9. The lowest BCUT2D eigenvalue weighted by Crippen LogP contribution is -2.54. The molecule has 9 nitrogen and oxygen atoms in total. The van der Waals surface area contributed by atoms with Crippen molar-refractivity contribution in [1.82, 2.24) is 20.2 Å². The van der Waals surface area contributed by atoms with E-state index in [1.807, 2.05) is 18.3 Å². The number of anilines is 3. The summed E-state index contributed by atoms with van der Waals surface area (Å²) >= 11 is 0. The second-order valence-electron chi connectivity index (χ2n) is 10.5. The van der Waals surface area contributed by atoms with Gasteiger partial charge in [-0.25, -0.2) is 4.98 Å². The van der Waals surface area contributed by atoms with E-state index in [1.54, 1.807) is 6.20 Å². The lowest BCUT2D eigenvalue weighted by Gasteiger charge is -2.42. The second-order valence-corrected chi connectivity index (χ2v) is 10.5. The first kappa shape index (κ1) is 24.9. The average Bonchev–Trinajstić information content (AvgIpc) is 2.97. The molecule has 5 heterocycles. The summed E-state index contributed by atoms with van der Waals surface area (Å²) in [5.74, 6) is 1.08. The van der Waals surface area contributed by atoms with Crippen LogP contribution in [0.25, 0.3) is 10.9 Å². The zero-order chi connectivity index (χ0) is 25.9. The van der Waals surface area contributed by atoms with E-state index in [0.717, 1.165) is 94.4 Å². The number of nitrogens with zero attached hydrogens (tertiary/aromatic N) is 7. The summed E-state index contributed by atoms with van der Waals surface area (Å²) in [4.78, 5) is 19.0. The van der Waals surface area contributed by atoms with E-state index in [0.29, 0.717) is 5.56 Å². The molecule has 3 aliphatic heterocycles.